The van der Waals surface area contributed by atoms with E-state index < -0.39 is 0 Å². The largest absolute Gasteiger partial charge is 0.466 e. The van der Waals surface area contributed by atoms with Gasteiger partial charge in [-0.05, 0) is 26.2 Å². The number of aliphatic hydroxyl groups is 1. The van der Waals surface area contributed by atoms with E-state index in [1.54, 1.807) is 6.92 Å². The first-order valence-corrected chi connectivity index (χ1v) is 4.58. The van der Waals surface area contributed by atoms with Crippen molar-refractivity contribution in [3.8, 4) is 0 Å². The molecule has 0 bridgehead atoms. The Balaban J connectivity index is 2.35. The lowest BCUT2D eigenvalue weighted by Gasteiger charge is -2.23. The van der Waals surface area contributed by atoms with Crippen LogP contribution in [0.1, 0.15) is 32.6 Å². The SMILES string of the molecule is CCOC(=O)[C@H]1CCC[C@@H](O)C1. The van der Waals surface area contributed by atoms with Gasteiger partial charge in [0.05, 0.1) is 18.6 Å². The van der Waals surface area contributed by atoms with Crippen LogP contribution in [0.5, 0.6) is 0 Å². The van der Waals surface area contributed by atoms with Gasteiger partial charge in [0.15, 0.2) is 0 Å². The Morgan fingerprint density at radius 1 is 1.58 bits per heavy atom. The van der Waals surface area contributed by atoms with Gasteiger partial charge in [0, 0.05) is 0 Å². The number of hydrogen-bond donors (Lipinski definition) is 1. The topological polar surface area (TPSA) is 46.5 Å². The van der Waals surface area contributed by atoms with Crippen molar-refractivity contribution in [1.82, 2.24) is 0 Å². The zero-order valence-electron chi connectivity index (χ0n) is 7.45. The Morgan fingerprint density at radius 2 is 2.33 bits per heavy atom. The molecule has 1 fully saturated rings. The lowest BCUT2D eigenvalue weighted by Crippen LogP contribution is -2.27. The first kappa shape index (κ1) is 9.52. The van der Waals surface area contributed by atoms with Crippen molar-refractivity contribution in [3.05, 3.63) is 0 Å². The maximum Gasteiger partial charge on any atom is 0.309 e. The fourth-order valence-corrected chi connectivity index (χ4v) is 1.64. The summed E-state index contributed by atoms with van der Waals surface area (Å²) in [7, 11) is 0. The van der Waals surface area contributed by atoms with Gasteiger partial charge in [-0.15, -0.1) is 0 Å². The summed E-state index contributed by atoms with van der Waals surface area (Å²) >= 11 is 0. The van der Waals surface area contributed by atoms with E-state index >= 15 is 0 Å². The monoisotopic (exact) mass is 172 g/mol. The van der Waals surface area contributed by atoms with Crippen molar-refractivity contribution in [2.75, 3.05) is 6.61 Å². The Kier molecular flexibility index (Phi) is 3.53. The predicted molar refractivity (Wildman–Crippen MR) is 44.6 cm³/mol. The predicted octanol–water partition coefficient (Wildman–Crippen LogP) is 1.10. The second-order valence-electron chi connectivity index (χ2n) is 3.27. The number of carbonyl (C=O) groups excluding carboxylic acids is 1. The number of aliphatic hydroxyl groups excluding tert-OH is 1. The molecule has 0 saturated heterocycles. The third-order valence-electron chi connectivity index (χ3n) is 2.27. The Labute approximate surface area is 72.7 Å². The van der Waals surface area contributed by atoms with E-state index in [1.165, 1.54) is 0 Å². The van der Waals surface area contributed by atoms with Gasteiger partial charge in [-0.2, -0.15) is 0 Å². The first-order chi connectivity index (χ1) is 5.74. The molecule has 1 aliphatic carbocycles. The summed E-state index contributed by atoms with van der Waals surface area (Å²) in [5, 5.41) is 9.29. The third kappa shape index (κ3) is 2.48. The molecule has 0 radical (unpaired) electrons. The molecule has 1 rings (SSSR count). The van der Waals surface area contributed by atoms with Crippen molar-refractivity contribution in [2.24, 2.45) is 5.92 Å². The van der Waals surface area contributed by atoms with Crippen molar-refractivity contribution in [2.45, 2.75) is 38.7 Å². The number of ether oxygens (including phenoxy) is 1. The van der Waals surface area contributed by atoms with Crippen molar-refractivity contribution < 1.29 is 14.6 Å². The molecule has 2 atom stereocenters. The number of esters is 1. The molecule has 70 valence electrons. The Bertz CT molecular complexity index is 156. The number of rotatable bonds is 2. The zero-order chi connectivity index (χ0) is 8.97. The van der Waals surface area contributed by atoms with Crippen LogP contribution in [0.2, 0.25) is 0 Å². The van der Waals surface area contributed by atoms with E-state index in [9.17, 15) is 9.90 Å². The van der Waals surface area contributed by atoms with Crippen LogP contribution in [0.25, 0.3) is 0 Å². The fraction of sp³-hybridized carbons (Fsp3) is 0.889. The van der Waals surface area contributed by atoms with Gasteiger partial charge in [-0.1, -0.05) is 6.42 Å². The van der Waals surface area contributed by atoms with E-state index in [-0.39, 0.29) is 18.0 Å². The van der Waals surface area contributed by atoms with Crippen LogP contribution in [0, 0.1) is 5.92 Å². The smallest absolute Gasteiger partial charge is 0.309 e. The van der Waals surface area contributed by atoms with Crippen molar-refractivity contribution >= 4 is 5.97 Å². The van der Waals surface area contributed by atoms with E-state index in [1.807, 2.05) is 0 Å². The lowest BCUT2D eigenvalue weighted by atomic mass is 9.87. The molecule has 1 N–H and O–H groups in total. The third-order valence-corrected chi connectivity index (χ3v) is 2.27. The second kappa shape index (κ2) is 4.45. The van der Waals surface area contributed by atoms with E-state index in [4.69, 9.17) is 4.74 Å². The first-order valence-electron chi connectivity index (χ1n) is 4.58. The highest BCUT2D eigenvalue weighted by Gasteiger charge is 2.26. The lowest BCUT2D eigenvalue weighted by molar-refractivity contribution is -0.150. The average molecular weight is 172 g/mol. The molecule has 0 heterocycles. The summed E-state index contributed by atoms with van der Waals surface area (Å²) in [5.41, 5.74) is 0. The number of carbonyl (C=O) groups is 1. The van der Waals surface area contributed by atoms with Gasteiger partial charge in [0.2, 0.25) is 0 Å². The minimum atomic E-state index is -0.298. The van der Waals surface area contributed by atoms with Crippen LogP contribution in [-0.2, 0) is 9.53 Å². The molecule has 0 amide bonds. The summed E-state index contributed by atoms with van der Waals surface area (Å²) in [5.74, 6) is -0.204. The maximum absolute atomic E-state index is 11.2. The van der Waals surface area contributed by atoms with Gasteiger partial charge < -0.3 is 9.84 Å². The highest BCUT2D eigenvalue weighted by molar-refractivity contribution is 5.72. The Morgan fingerprint density at radius 3 is 2.92 bits per heavy atom. The number of hydrogen-bond acceptors (Lipinski definition) is 3. The summed E-state index contributed by atoms with van der Waals surface area (Å²) < 4.78 is 4.88. The second-order valence-corrected chi connectivity index (χ2v) is 3.27. The van der Waals surface area contributed by atoms with Crippen LogP contribution in [-0.4, -0.2) is 23.8 Å². The summed E-state index contributed by atoms with van der Waals surface area (Å²) in [6.07, 6.45) is 2.92. The molecule has 0 aromatic rings. The normalized spacial score (nSPS) is 29.8. The summed E-state index contributed by atoms with van der Waals surface area (Å²) in [4.78, 5) is 11.2. The maximum atomic E-state index is 11.2. The fourth-order valence-electron chi connectivity index (χ4n) is 1.64. The van der Waals surface area contributed by atoms with Crippen LogP contribution in [0.3, 0.4) is 0 Å². The van der Waals surface area contributed by atoms with Crippen molar-refractivity contribution in [3.63, 3.8) is 0 Å². The van der Waals surface area contributed by atoms with Crippen molar-refractivity contribution in [1.29, 1.82) is 0 Å². The highest BCUT2D eigenvalue weighted by Crippen LogP contribution is 2.24. The van der Waals surface area contributed by atoms with Crippen LogP contribution >= 0.6 is 0 Å². The molecule has 0 aliphatic heterocycles. The standard InChI is InChI=1S/C9H16O3/c1-2-12-9(11)7-4-3-5-8(10)6-7/h7-8,10H,2-6H2,1H3/t7-,8+/m0/s1. The van der Waals surface area contributed by atoms with E-state index in [0.717, 1.165) is 19.3 Å². The van der Waals surface area contributed by atoms with Crippen LogP contribution in [0.4, 0.5) is 0 Å². The average Bonchev–Trinajstić information content (AvgIpc) is 2.05. The molecule has 1 saturated carbocycles. The molecule has 0 unspecified atom stereocenters. The van der Waals surface area contributed by atoms with E-state index in [0.29, 0.717) is 13.0 Å². The quantitative estimate of drug-likeness (QED) is 0.634. The van der Waals surface area contributed by atoms with Gasteiger partial charge >= 0.3 is 5.97 Å². The zero-order valence-corrected chi connectivity index (χ0v) is 7.45. The molecule has 0 spiro atoms. The summed E-state index contributed by atoms with van der Waals surface area (Å²) in [6, 6.07) is 0. The summed E-state index contributed by atoms with van der Waals surface area (Å²) in [6.45, 7) is 2.24. The van der Waals surface area contributed by atoms with E-state index in [2.05, 4.69) is 0 Å². The molecule has 3 nitrogen and oxygen atoms in total. The molecule has 0 aromatic heterocycles. The molecular formula is C9H16O3. The minimum absolute atomic E-state index is 0.0614. The molecular weight excluding hydrogens is 156 g/mol. The van der Waals surface area contributed by atoms with Gasteiger partial charge in [0.25, 0.3) is 0 Å². The molecule has 12 heavy (non-hydrogen) atoms. The van der Waals surface area contributed by atoms with Gasteiger partial charge in [-0.25, -0.2) is 0 Å². The highest BCUT2D eigenvalue weighted by atomic mass is 16.5. The van der Waals surface area contributed by atoms with Gasteiger partial charge in [-0.3, -0.25) is 4.79 Å². The minimum Gasteiger partial charge on any atom is -0.466 e. The van der Waals surface area contributed by atoms with Crippen LogP contribution < -0.4 is 0 Å². The molecule has 1 aliphatic rings. The Hall–Kier alpha value is -0.570. The molecule has 3 heteroatoms. The van der Waals surface area contributed by atoms with Crippen LogP contribution in [0.15, 0.2) is 0 Å². The molecule has 0 aromatic carbocycles. The van der Waals surface area contributed by atoms with Gasteiger partial charge in [0.1, 0.15) is 0 Å².